The van der Waals surface area contributed by atoms with Crippen LogP contribution in [0.15, 0.2) is 18.5 Å². The number of nitrogens with two attached hydrogens (primary N) is 1. The van der Waals surface area contributed by atoms with E-state index in [0.717, 1.165) is 6.20 Å². The molecule has 0 aliphatic heterocycles. The van der Waals surface area contributed by atoms with E-state index in [4.69, 9.17) is 5.73 Å². The molecule has 1 atom stereocenters. The van der Waals surface area contributed by atoms with Crippen LogP contribution in [0.4, 0.5) is 4.39 Å². The van der Waals surface area contributed by atoms with Crippen molar-refractivity contribution in [2.45, 2.75) is 31.9 Å². The van der Waals surface area contributed by atoms with Gasteiger partial charge in [-0.3, -0.25) is 4.98 Å². The molecule has 1 aromatic heterocycles. The van der Waals surface area contributed by atoms with Crippen molar-refractivity contribution in [3.8, 4) is 0 Å². The molecule has 0 radical (unpaired) electrons. The molecule has 3 N–H and O–H groups in total. The van der Waals surface area contributed by atoms with E-state index in [-0.39, 0.29) is 5.56 Å². The van der Waals surface area contributed by atoms with Crippen LogP contribution in [0.5, 0.6) is 0 Å². The fourth-order valence-corrected chi connectivity index (χ4v) is 1.26. The Kier molecular flexibility index (Phi) is 3.18. The van der Waals surface area contributed by atoms with Gasteiger partial charge in [0.05, 0.1) is 12.3 Å². The van der Waals surface area contributed by atoms with E-state index in [1.54, 1.807) is 13.8 Å². The van der Waals surface area contributed by atoms with Gasteiger partial charge in [-0.15, -0.1) is 0 Å². The molecule has 0 aliphatic rings. The van der Waals surface area contributed by atoms with Crippen molar-refractivity contribution >= 4 is 0 Å². The van der Waals surface area contributed by atoms with Crippen molar-refractivity contribution in [2.24, 2.45) is 5.73 Å². The Morgan fingerprint density at radius 1 is 1.64 bits per heavy atom. The van der Waals surface area contributed by atoms with Crippen LogP contribution in [0.2, 0.25) is 0 Å². The Hall–Kier alpha value is -1.00. The Morgan fingerprint density at radius 2 is 2.29 bits per heavy atom. The minimum absolute atomic E-state index is 0.249. The van der Waals surface area contributed by atoms with E-state index >= 15 is 0 Å². The van der Waals surface area contributed by atoms with Gasteiger partial charge in [-0.05, 0) is 26.3 Å². The predicted molar refractivity (Wildman–Crippen MR) is 52.0 cm³/mol. The van der Waals surface area contributed by atoms with Crippen molar-refractivity contribution in [3.63, 3.8) is 0 Å². The van der Waals surface area contributed by atoms with E-state index in [2.05, 4.69) is 4.98 Å². The zero-order chi connectivity index (χ0) is 10.8. The number of aliphatic hydroxyl groups is 1. The molecule has 0 fully saturated rings. The molecule has 78 valence electrons. The van der Waals surface area contributed by atoms with Crippen LogP contribution in [0.1, 0.15) is 31.9 Å². The van der Waals surface area contributed by atoms with Crippen LogP contribution >= 0.6 is 0 Å². The molecule has 1 rings (SSSR count). The van der Waals surface area contributed by atoms with Gasteiger partial charge < -0.3 is 10.8 Å². The summed E-state index contributed by atoms with van der Waals surface area (Å²) in [6.45, 7) is 3.57. The highest BCUT2D eigenvalue weighted by Crippen LogP contribution is 2.23. The fraction of sp³-hybridized carbons (Fsp3) is 0.500. The topological polar surface area (TPSA) is 59.1 Å². The first-order chi connectivity index (χ1) is 6.40. The second-order valence-electron chi connectivity index (χ2n) is 4.11. The maximum atomic E-state index is 13.2. The lowest BCUT2D eigenvalue weighted by Crippen LogP contribution is -2.34. The standard InChI is InChI=1S/C10H15FN2O/c1-10(2,12)5-9(14)7-3-4-13-6-8(7)11/h3-4,6,9,14H,5,12H2,1-2H3. The van der Waals surface area contributed by atoms with E-state index in [0.29, 0.717) is 6.42 Å². The number of rotatable bonds is 3. The molecule has 0 saturated heterocycles. The van der Waals surface area contributed by atoms with Crippen molar-refractivity contribution in [1.29, 1.82) is 0 Å². The van der Waals surface area contributed by atoms with E-state index in [1.807, 2.05) is 0 Å². The Labute approximate surface area is 82.8 Å². The van der Waals surface area contributed by atoms with Gasteiger partial charge in [-0.25, -0.2) is 4.39 Å². The summed E-state index contributed by atoms with van der Waals surface area (Å²) in [7, 11) is 0. The second-order valence-corrected chi connectivity index (χ2v) is 4.11. The SMILES string of the molecule is CC(C)(N)CC(O)c1ccncc1F. The third kappa shape index (κ3) is 3.05. The van der Waals surface area contributed by atoms with Crippen LogP contribution in [-0.4, -0.2) is 15.6 Å². The number of hydrogen-bond donors (Lipinski definition) is 2. The van der Waals surface area contributed by atoms with Crippen LogP contribution in [0.25, 0.3) is 0 Å². The van der Waals surface area contributed by atoms with Gasteiger partial charge in [0.2, 0.25) is 0 Å². The van der Waals surface area contributed by atoms with E-state index in [9.17, 15) is 9.50 Å². The van der Waals surface area contributed by atoms with Crippen LogP contribution < -0.4 is 5.73 Å². The number of pyridine rings is 1. The number of aliphatic hydroxyl groups excluding tert-OH is 1. The zero-order valence-electron chi connectivity index (χ0n) is 8.37. The largest absolute Gasteiger partial charge is 0.388 e. The number of halogens is 1. The van der Waals surface area contributed by atoms with Gasteiger partial charge in [-0.1, -0.05) is 0 Å². The minimum Gasteiger partial charge on any atom is -0.388 e. The van der Waals surface area contributed by atoms with Crippen molar-refractivity contribution in [1.82, 2.24) is 4.98 Å². The zero-order valence-corrected chi connectivity index (χ0v) is 8.37. The van der Waals surface area contributed by atoms with Gasteiger partial charge in [0.15, 0.2) is 0 Å². The Morgan fingerprint density at radius 3 is 2.79 bits per heavy atom. The fourth-order valence-electron chi connectivity index (χ4n) is 1.26. The third-order valence-corrected chi connectivity index (χ3v) is 1.88. The average molecular weight is 198 g/mol. The predicted octanol–water partition coefficient (Wildman–Crippen LogP) is 1.38. The maximum absolute atomic E-state index is 13.2. The Balaban J connectivity index is 2.80. The summed E-state index contributed by atoms with van der Waals surface area (Å²) in [5.74, 6) is -0.496. The summed E-state index contributed by atoms with van der Waals surface area (Å²) in [4.78, 5) is 3.61. The van der Waals surface area contributed by atoms with Gasteiger partial charge in [0.25, 0.3) is 0 Å². The summed E-state index contributed by atoms with van der Waals surface area (Å²) in [5, 5.41) is 9.69. The van der Waals surface area contributed by atoms with Crippen molar-refractivity contribution in [3.05, 3.63) is 29.8 Å². The first kappa shape index (κ1) is 11.1. The lowest BCUT2D eigenvalue weighted by atomic mass is 9.94. The van der Waals surface area contributed by atoms with Gasteiger partial charge >= 0.3 is 0 Å². The molecule has 14 heavy (non-hydrogen) atoms. The molecule has 0 aliphatic carbocycles. The summed E-state index contributed by atoms with van der Waals surface area (Å²) in [5.41, 5.74) is 5.46. The lowest BCUT2D eigenvalue weighted by molar-refractivity contribution is 0.138. The third-order valence-electron chi connectivity index (χ3n) is 1.88. The highest BCUT2D eigenvalue weighted by Gasteiger charge is 2.20. The lowest BCUT2D eigenvalue weighted by Gasteiger charge is -2.22. The molecule has 1 heterocycles. The van der Waals surface area contributed by atoms with Crippen molar-refractivity contribution in [2.75, 3.05) is 0 Å². The molecular weight excluding hydrogens is 183 g/mol. The monoisotopic (exact) mass is 198 g/mol. The molecule has 1 aromatic rings. The van der Waals surface area contributed by atoms with Gasteiger partial charge in [-0.2, -0.15) is 0 Å². The normalized spacial score (nSPS) is 14.1. The molecule has 4 heteroatoms. The molecule has 3 nitrogen and oxygen atoms in total. The molecule has 0 aromatic carbocycles. The summed E-state index contributed by atoms with van der Waals surface area (Å²) >= 11 is 0. The number of nitrogens with zero attached hydrogens (tertiary/aromatic N) is 1. The van der Waals surface area contributed by atoms with Crippen LogP contribution in [0.3, 0.4) is 0 Å². The first-order valence-corrected chi connectivity index (χ1v) is 4.46. The smallest absolute Gasteiger partial charge is 0.147 e. The average Bonchev–Trinajstić information content (AvgIpc) is 2.01. The number of hydrogen-bond acceptors (Lipinski definition) is 3. The highest BCUT2D eigenvalue weighted by molar-refractivity contribution is 5.16. The summed E-state index contributed by atoms with van der Waals surface area (Å²) < 4.78 is 13.2. The molecule has 0 bridgehead atoms. The quantitative estimate of drug-likeness (QED) is 0.771. The van der Waals surface area contributed by atoms with E-state index < -0.39 is 17.5 Å². The maximum Gasteiger partial charge on any atom is 0.147 e. The molecule has 0 saturated carbocycles. The highest BCUT2D eigenvalue weighted by atomic mass is 19.1. The second kappa shape index (κ2) is 4.02. The summed E-state index contributed by atoms with van der Waals surface area (Å²) in [6, 6.07) is 1.46. The van der Waals surface area contributed by atoms with Gasteiger partial charge in [0.1, 0.15) is 5.82 Å². The molecular formula is C10H15FN2O. The first-order valence-electron chi connectivity index (χ1n) is 4.46. The van der Waals surface area contributed by atoms with Gasteiger partial charge in [0, 0.05) is 17.3 Å². The van der Waals surface area contributed by atoms with Crippen LogP contribution in [0, 0.1) is 5.82 Å². The molecule has 1 unspecified atom stereocenters. The minimum atomic E-state index is -0.877. The van der Waals surface area contributed by atoms with E-state index in [1.165, 1.54) is 12.3 Å². The number of aromatic nitrogens is 1. The summed E-state index contributed by atoms with van der Waals surface area (Å²) in [6.07, 6.45) is 1.97. The molecule has 0 amide bonds. The van der Waals surface area contributed by atoms with Crippen LogP contribution in [-0.2, 0) is 0 Å². The molecule has 0 spiro atoms. The van der Waals surface area contributed by atoms with Crippen molar-refractivity contribution < 1.29 is 9.50 Å². The Bertz CT molecular complexity index is 309.